The Labute approximate surface area is 100 Å². The molecule has 0 aromatic carbocycles. The fraction of sp³-hybridized carbons (Fsp3) is 0.800. The van der Waals surface area contributed by atoms with Gasteiger partial charge in [0.2, 0.25) is 0 Å². The number of rotatable bonds is 9. The maximum atomic E-state index is 11.0. The molecular weight excluding hydrogens is 228 g/mol. The van der Waals surface area contributed by atoms with Crippen molar-refractivity contribution in [1.82, 2.24) is 5.32 Å². The highest BCUT2D eigenvalue weighted by Gasteiger charge is 2.12. The molecule has 0 saturated carbocycles. The molecule has 0 heterocycles. The molecule has 0 fully saturated rings. The van der Waals surface area contributed by atoms with Crippen molar-refractivity contribution < 1.29 is 24.2 Å². The van der Waals surface area contributed by atoms with Crippen molar-refractivity contribution >= 4 is 12.1 Å². The van der Waals surface area contributed by atoms with E-state index in [2.05, 4.69) is 12.2 Å². The number of nitrogens with two attached hydrogens (primary N) is 1. The number of carboxylic acid groups (broad SMARTS) is 1. The highest BCUT2D eigenvalue weighted by atomic mass is 16.6. The minimum absolute atomic E-state index is 0.137. The van der Waals surface area contributed by atoms with Crippen molar-refractivity contribution in [3.05, 3.63) is 0 Å². The van der Waals surface area contributed by atoms with Crippen molar-refractivity contribution in [1.29, 1.82) is 0 Å². The lowest BCUT2D eigenvalue weighted by atomic mass is 10.3. The lowest BCUT2D eigenvalue weighted by Gasteiger charge is -2.09. The summed E-state index contributed by atoms with van der Waals surface area (Å²) in [6, 6.07) is -1.12. The Kier molecular flexibility index (Phi) is 9.08. The van der Waals surface area contributed by atoms with E-state index in [0.29, 0.717) is 13.2 Å². The first-order chi connectivity index (χ1) is 8.07. The van der Waals surface area contributed by atoms with Gasteiger partial charge in [0.05, 0.1) is 6.61 Å². The number of carboxylic acids is 1. The second-order valence-electron chi connectivity index (χ2n) is 3.43. The number of alkyl carbamates (subject to hydrolysis) is 1. The van der Waals surface area contributed by atoms with Crippen LogP contribution in [0.4, 0.5) is 4.79 Å². The van der Waals surface area contributed by atoms with Crippen molar-refractivity contribution in [3.8, 4) is 0 Å². The van der Waals surface area contributed by atoms with Crippen LogP contribution in [0.25, 0.3) is 0 Å². The van der Waals surface area contributed by atoms with Crippen LogP contribution in [0.3, 0.4) is 0 Å². The van der Waals surface area contributed by atoms with Crippen LogP contribution in [0.15, 0.2) is 0 Å². The quantitative estimate of drug-likeness (QED) is 0.493. The second kappa shape index (κ2) is 9.86. The van der Waals surface area contributed by atoms with Crippen LogP contribution < -0.4 is 11.1 Å². The van der Waals surface area contributed by atoms with Gasteiger partial charge in [-0.15, -0.1) is 0 Å². The third-order valence-electron chi connectivity index (χ3n) is 1.89. The number of aliphatic carboxylic acids is 1. The minimum Gasteiger partial charge on any atom is -0.480 e. The van der Waals surface area contributed by atoms with Gasteiger partial charge in [0, 0.05) is 13.2 Å². The molecule has 0 spiro atoms. The predicted octanol–water partition coefficient (Wildman–Crippen LogP) is -0.0588. The SMILES string of the molecule is CCCCOCCOC(=O)NCC(N)C(=O)O. The van der Waals surface area contributed by atoms with Gasteiger partial charge in [0.1, 0.15) is 12.6 Å². The Hall–Kier alpha value is -1.34. The first-order valence-electron chi connectivity index (χ1n) is 5.54. The molecule has 0 saturated heterocycles. The van der Waals surface area contributed by atoms with Gasteiger partial charge in [-0.2, -0.15) is 0 Å². The number of ether oxygens (including phenoxy) is 2. The first-order valence-corrected chi connectivity index (χ1v) is 5.54. The second-order valence-corrected chi connectivity index (χ2v) is 3.43. The number of hydrogen-bond acceptors (Lipinski definition) is 5. The molecule has 17 heavy (non-hydrogen) atoms. The van der Waals surface area contributed by atoms with Gasteiger partial charge >= 0.3 is 12.1 Å². The standard InChI is InChI=1S/C10H20N2O5/c1-2-3-4-16-5-6-17-10(15)12-7-8(11)9(13)14/h8H,2-7,11H2,1H3,(H,12,15)(H,13,14). The molecule has 0 bridgehead atoms. The normalized spacial score (nSPS) is 11.9. The van der Waals surface area contributed by atoms with E-state index < -0.39 is 18.1 Å². The molecule has 0 rings (SSSR count). The molecule has 1 atom stereocenters. The van der Waals surface area contributed by atoms with E-state index in [4.69, 9.17) is 20.3 Å². The third kappa shape index (κ3) is 9.58. The number of amides is 1. The zero-order valence-electron chi connectivity index (χ0n) is 9.98. The van der Waals surface area contributed by atoms with Gasteiger partial charge in [-0.3, -0.25) is 4.79 Å². The van der Waals surface area contributed by atoms with Crippen LogP contribution in [-0.4, -0.2) is 49.6 Å². The Morgan fingerprint density at radius 1 is 1.35 bits per heavy atom. The minimum atomic E-state index is -1.17. The van der Waals surface area contributed by atoms with Gasteiger partial charge in [-0.25, -0.2) is 4.79 Å². The van der Waals surface area contributed by atoms with Crippen molar-refractivity contribution in [2.24, 2.45) is 5.73 Å². The summed E-state index contributed by atoms with van der Waals surface area (Å²) in [6.07, 6.45) is 1.33. The largest absolute Gasteiger partial charge is 0.480 e. The molecule has 1 unspecified atom stereocenters. The van der Waals surface area contributed by atoms with E-state index in [1.807, 2.05) is 0 Å². The molecule has 0 aromatic rings. The summed E-state index contributed by atoms with van der Waals surface area (Å²) in [5.41, 5.74) is 5.18. The molecule has 4 N–H and O–H groups in total. The van der Waals surface area contributed by atoms with E-state index in [1.54, 1.807) is 0 Å². The number of carbonyl (C=O) groups is 2. The zero-order valence-corrected chi connectivity index (χ0v) is 9.98. The molecule has 0 aromatic heterocycles. The fourth-order valence-electron chi connectivity index (χ4n) is 0.873. The van der Waals surface area contributed by atoms with Gasteiger partial charge in [0.15, 0.2) is 0 Å². The number of unbranched alkanes of at least 4 members (excludes halogenated alkanes) is 1. The molecule has 0 aliphatic heterocycles. The van der Waals surface area contributed by atoms with Crippen LogP contribution in [0, 0.1) is 0 Å². The molecular formula is C10H20N2O5. The van der Waals surface area contributed by atoms with E-state index in [1.165, 1.54) is 0 Å². The van der Waals surface area contributed by atoms with Crippen molar-refractivity contribution in [2.75, 3.05) is 26.4 Å². The summed E-state index contributed by atoms with van der Waals surface area (Å²) >= 11 is 0. The average Bonchev–Trinajstić information content (AvgIpc) is 2.30. The van der Waals surface area contributed by atoms with Crippen LogP contribution in [0.2, 0.25) is 0 Å². The lowest BCUT2D eigenvalue weighted by molar-refractivity contribution is -0.138. The summed E-state index contributed by atoms with van der Waals surface area (Å²) in [4.78, 5) is 21.4. The maximum absolute atomic E-state index is 11.0. The Bertz CT molecular complexity index is 235. The van der Waals surface area contributed by atoms with Crippen LogP contribution in [0.5, 0.6) is 0 Å². The number of carbonyl (C=O) groups excluding carboxylic acids is 1. The van der Waals surface area contributed by atoms with Gasteiger partial charge in [-0.05, 0) is 6.42 Å². The van der Waals surface area contributed by atoms with Gasteiger partial charge < -0.3 is 25.6 Å². The third-order valence-corrected chi connectivity index (χ3v) is 1.89. The molecule has 1 amide bonds. The van der Waals surface area contributed by atoms with Crippen LogP contribution in [-0.2, 0) is 14.3 Å². The monoisotopic (exact) mass is 248 g/mol. The highest BCUT2D eigenvalue weighted by molar-refractivity contribution is 5.75. The predicted molar refractivity (Wildman–Crippen MR) is 60.7 cm³/mol. The van der Waals surface area contributed by atoms with Crippen LogP contribution >= 0.6 is 0 Å². The first kappa shape index (κ1) is 15.7. The van der Waals surface area contributed by atoms with E-state index in [0.717, 1.165) is 12.8 Å². The topological polar surface area (TPSA) is 111 Å². The van der Waals surface area contributed by atoms with E-state index in [-0.39, 0.29) is 13.2 Å². The lowest BCUT2D eigenvalue weighted by Crippen LogP contribution is -2.42. The Morgan fingerprint density at radius 2 is 2.06 bits per heavy atom. The zero-order chi connectivity index (χ0) is 13.1. The maximum Gasteiger partial charge on any atom is 0.407 e. The van der Waals surface area contributed by atoms with E-state index in [9.17, 15) is 9.59 Å². The number of hydrogen-bond donors (Lipinski definition) is 3. The number of nitrogens with one attached hydrogen (secondary N) is 1. The summed E-state index contributed by atoms with van der Waals surface area (Å²) in [5, 5.41) is 10.7. The molecule has 7 nitrogen and oxygen atoms in total. The molecule has 100 valence electrons. The Morgan fingerprint density at radius 3 is 2.65 bits per heavy atom. The Balaban J connectivity index is 3.38. The van der Waals surface area contributed by atoms with E-state index >= 15 is 0 Å². The summed E-state index contributed by atoms with van der Waals surface area (Å²) in [5.74, 6) is -1.17. The summed E-state index contributed by atoms with van der Waals surface area (Å²) in [6.45, 7) is 3.01. The van der Waals surface area contributed by atoms with Gasteiger partial charge in [-0.1, -0.05) is 13.3 Å². The van der Waals surface area contributed by atoms with Gasteiger partial charge in [0.25, 0.3) is 0 Å². The summed E-state index contributed by atoms with van der Waals surface area (Å²) < 4.78 is 9.89. The molecule has 0 aliphatic rings. The van der Waals surface area contributed by atoms with Crippen molar-refractivity contribution in [3.63, 3.8) is 0 Å². The average molecular weight is 248 g/mol. The highest BCUT2D eigenvalue weighted by Crippen LogP contribution is 1.88. The van der Waals surface area contributed by atoms with Crippen molar-refractivity contribution in [2.45, 2.75) is 25.8 Å². The molecule has 0 aliphatic carbocycles. The van der Waals surface area contributed by atoms with Crippen LogP contribution in [0.1, 0.15) is 19.8 Å². The molecule has 0 radical (unpaired) electrons. The fourth-order valence-corrected chi connectivity index (χ4v) is 0.873. The summed E-state index contributed by atoms with van der Waals surface area (Å²) in [7, 11) is 0. The molecule has 7 heteroatoms. The smallest absolute Gasteiger partial charge is 0.407 e.